The topological polar surface area (TPSA) is 81.5 Å². The Kier molecular flexibility index (Phi) is 4.41. The highest BCUT2D eigenvalue weighted by molar-refractivity contribution is 5.68. The summed E-state index contributed by atoms with van der Waals surface area (Å²) in [5, 5.41) is 22.8. The van der Waals surface area contributed by atoms with Crippen molar-refractivity contribution in [2.24, 2.45) is 0 Å². The summed E-state index contributed by atoms with van der Waals surface area (Å²) in [5.41, 5.74) is 3.80. The van der Waals surface area contributed by atoms with Crippen LogP contribution >= 0.6 is 0 Å². The number of nitrogens with zero attached hydrogens (tertiary/aromatic N) is 3. The van der Waals surface area contributed by atoms with Crippen LogP contribution in [0.4, 0.5) is 17.3 Å². The minimum Gasteiger partial charge on any atom is -0.508 e. The average Bonchev–Trinajstić information content (AvgIpc) is 3.10. The third kappa shape index (κ3) is 3.32. The van der Waals surface area contributed by atoms with Crippen LogP contribution in [0.3, 0.4) is 0 Å². The smallest absolute Gasteiger partial charge is 0.223 e. The Balaban J connectivity index is 1.45. The Morgan fingerprint density at radius 2 is 1.96 bits per heavy atom. The molecule has 0 aliphatic carbocycles. The highest BCUT2D eigenvalue weighted by Gasteiger charge is 2.22. The highest BCUT2D eigenvalue weighted by Crippen LogP contribution is 2.33. The number of hydrogen-bond donors (Lipinski definition) is 3. The van der Waals surface area contributed by atoms with Crippen molar-refractivity contribution in [1.82, 2.24) is 9.97 Å². The number of aromatic nitrogens is 2. The summed E-state index contributed by atoms with van der Waals surface area (Å²) in [6.45, 7) is 1.15. The number of fused-ring (bicyclic) bond motifs is 1. The number of aliphatic hydroxyl groups is 1. The van der Waals surface area contributed by atoms with E-state index in [4.69, 9.17) is 0 Å². The maximum absolute atomic E-state index is 10.3. The van der Waals surface area contributed by atoms with Gasteiger partial charge < -0.3 is 20.4 Å². The van der Waals surface area contributed by atoms with Gasteiger partial charge in [-0.1, -0.05) is 30.3 Å². The molecule has 132 valence electrons. The van der Waals surface area contributed by atoms with Crippen molar-refractivity contribution in [3.8, 4) is 5.75 Å². The van der Waals surface area contributed by atoms with Crippen LogP contribution in [-0.4, -0.2) is 33.3 Å². The Hall–Kier alpha value is -3.12. The first-order chi connectivity index (χ1) is 12.7. The van der Waals surface area contributed by atoms with Gasteiger partial charge in [-0.25, -0.2) is 9.97 Å². The first-order valence-electron chi connectivity index (χ1n) is 8.60. The van der Waals surface area contributed by atoms with Crippen LogP contribution < -0.4 is 10.2 Å². The van der Waals surface area contributed by atoms with Gasteiger partial charge in [0, 0.05) is 25.2 Å². The second kappa shape index (κ2) is 7.01. The van der Waals surface area contributed by atoms with Crippen molar-refractivity contribution in [3.05, 3.63) is 72.1 Å². The first kappa shape index (κ1) is 16.4. The van der Waals surface area contributed by atoms with E-state index < -0.39 is 6.10 Å². The summed E-state index contributed by atoms with van der Waals surface area (Å²) in [5.74, 6) is 0.634. The molecule has 1 atom stereocenters. The lowest BCUT2D eigenvalue weighted by Crippen LogP contribution is -2.15. The number of aromatic hydroxyl groups is 1. The van der Waals surface area contributed by atoms with Crippen molar-refractivity contribution in [1.29, 1.82) is 0 Å². The predicted molar refractivity (Wildman–Crippen MR) is 101 cm³/mol. The number of rotatable bonds is 5. The van der Waals surface area contributed by atoms with Crippen molar-refractivity contribution < 1.29 is 10.2 Å². The lowest BCUT2D eigenvalue weighted by Gasteiger charge is -2.19. The molecule has 4 rings (SSSR count). The second-order valence-corrected chi connectivity index (χ2v) is 6.25. The fourth-order valence-electron chi connectivity index (χ4n) is 3.16. The molecule has 3 aromatic rings. The van der Waals surface area contributed by atoms with E-state index in [-0.39, 0.29) is 12.3 Å². The molecule has 26 heavy (non-hydrogen) atoms. The molecule has 0 saturated carbocycles. The van der Waals surface area contributed by atoms with Gasteiger partial charge in [0.05, 0.1) is 23.7 Å². The number of para-hydroxylation sites is 1. The third-order valence-electron chi connectivity index (χ3n) is 4.49. The molecule has 6 heteroatoms. The van der Waals surface area contributed by atoms with Gasteiger partial charge in [0.1, 0.15) is 5.75 Å². The van der Waals surface area contributed by atoms with Crippen LogP contribution in [-0.2, 0) is 6.42 Å². The number of aliphatic hydroxyl groups excluding tert-OH is 1. The van der Waals surface area contributed by atoms with E-state index in [1.807, 2.05) is 24.4 Å². The molecule has 0 fully saturated rings. The van der Waals surface area contributed by atoms with E-state index in [0.717, 1.165) is 30.0 Å². The quantitative estimate of drug-likeness (QED) is 0.658. The van der Waals surface area contributed by atoms with Crippen molar-refractivity contribution in [2.45, 2.75) is 12.5 Å². The Morgan fingerprint density at radius 1 is 1.12 bits per heavy atom. The molecule has 2 heterocycles. The first-order valence-corrected chi connectivity index (χ1v) is 8.60. The SMILES string of the molecule is Oc1cccc([C@@H](O)CNc2ncc3c(n2)CCN3c2ccccc2)c1. The van der Waals surface area contributed by atoms with Gasteiger partial charge >= 0.3 is 0 Å². The summed E-state index contributed by atoms with van der Waals surface area (Å²) < 4.78 is 0. The van der Waals surface area contributed by atoms with Crippen molar-refractivity contribution in [2.75, 3.05) is 23.3 Å². The maximum Gasteiger partial charge on any atom is 0.223 e. The second-order valence-electron chi connectivity index (χ2n) is 6.25. The van der Waals surface area contributed by atoms with E-state index in [0.29, 0.717) is 11.5 Å². The number of nitrogens with one attached hydrogen (secondary N) is 1. The van der Waals surface area contributed by atoms with E-state index in [1.54, 1.807) is 24.3 Å². The molecule has 0 unspecified atom stereocenters. The fourth-order valence-corrected chi connectivity index (χ4v) is 3.16. The minimum atomic E-state index is -0.750. The number of anilines is 3. The molecule has 0 saturated heterocycles. The monoisotopic (exact) mass is 348 g/mol. The van der Waals surface area contributed by atoms with E-state index in [9.17, 15) is 10.2 Å². The Bertz CT molecular complexity index is 901. The van der Waals surface area contributed by atoms with Gasteiger partial charge in [0.15, 0.2) is 0 Å². The molecule has 1 aliphatic rings. The van der Waals surface area contributed by atoms with Gasteiger partial charge in [-0.3, -0.25) is 0 Å². The van der Waals surface area contributed by atoms with E-state index in [1.165, 1.54) is 0 Å². The fraction of sp³-hybridized carbons (Fsp3) is 0.200. The van der Waals surface area contributed by atoms with Gasteiger partial charge in [-0.05, 0) is 29.8 Å². The molecule has 0 bridgehead atoms. The number of phenolic OH excluding ortho intramolecular Hbond substituents is 1. The summed E-state index contributed by atoms with van der Waals surface area (Å²) in [6.07, 6.45) is 1.93. The molecule has 2 aromatic carbocycles. The van der Waals surface area contributed by atoms with Crippen LogP contribution in [0.2, 0.25) is 0 Å². The summed E-state index contributed by atoms with van der Waals surface area (Å²) in [7, 11) is 0. The molecule has 1 aliphatic heterocycles. The zero-order valence-corrected chi connectivity index (χ0v) is 14.2. The van der Waals surface area contributed by atoms with Crippen LogP contribution in [0.15, 0.2) is 60.8 Å². The normalized spacial score (nSPS) is 14.1. The molecule has 1 aromatic heterocycles. The van der Waals surface area contributed by atoms with Crippen LogP contribution in [0, 0.1) is 0 Å². The summed E-state index contributed by atoms with van der Waals surface area (Å²) in [4.78, 5) is 11.2. The molecular formula is C20H20N4O2. The van der Waals surface area contributed by atoms with Crippen LogP contribution in [0.1, 0.15) is 17.4 Å². The molecular weight excluding hydrogens is 328 g/mol. The van der Waals surface area contributed by atoms with E-state index in [2.05, 4.69) is 32.3 Å². The van der Waals surface area contributed by atoms with Crippen molar-refractivity contribution in [3.63, 3.8) is 0 Å². The predicted octanol–water partition coefficient (Wildman–Crippen LogP) is 3.02. The van der Waals surface area contributed by atoms with Crippen LogP contribution in [0.25, 0.3) is 0 Å². The van der Waals surface area contributed by atoms with Gasteiger partial charge in [-0.15, -0.1) is 0 Å². The molecule has 6 nitrogen and oxygen atoms in total. The number of hydrogen-bond acceptors (Lipinski definition) is 6. The number of phenols is 1. The van der Waals surface area contributed by atoms with Gasteiger partial charge in [0.25, 0.3) is 0 Å². The number of benzene rings is 2. The Labute approximate surface area is 151 Å². The Morgan fingerprint density at radius 3 is 2.77 bits per heavy atom. The summed E-state index contributed by atoms with van der Waals surface area (Å²) >= 11 is 0. The molecule has 0 radical (unpaired) electrons. The highest BCUT2D eigenvalue weighted by atomic mass is 16.3. The molecule has 0 spiro atoms. The van der Waals surface area contributed by atoms with E-state index >= 15 is 0 Å². The molecule has 0 amide bonds. The lowest BCUT2D eigenvalue weighted by atomic mass is 10.1. The zero-order chi connectivity index (χ0) is 17.9. The zero-order valence-electron chi connectivity index (χ0n) is 14.2. The average molecular weight is 348 g/mol. The van der Waals surface area contributed by atoms with Crippen LogP contribution in [0.5, 0.6) is 5.75 Å². The minimum absolute atomic E-state index is 0.135. The van der Waals surface area contributed by atoms with Gasteiger partial charge in [-0.2, -0.15) is 0 Å². The molecule has 3 N–H and O–H groups in total. The summed E-state index contributed by atoms with van der Waals surface area (Å²) in [6, 6.07) is 16.8. The third-order valence-corrected chi connectivity index (χ3v) is 4.49. The maximum atomic E-state index is 10.3. The van der Waals surface area contributed by atoms with Gasteiger partial charge in [0.2, 0.25) is 5.95 Å². The lowest BCUT2D eigenvalue weighted by molar-refractivity contribution is 0.191. The van der Waals surface area contributed by atoms with Crippen molar-refractivity contribution >= 4 is 17.3 Å². The standard InChI is InChI=1S/C20H20N4O2/c25-16-8-4-5-14(11-16)19(26)13-22-20-21-12-18-17(23-20)9-10-24(18)15-6-2-1-3-7-15/h1-8,11-12,19,25-26H,9-10,13H2,(H,21,22,23)/t19-/m0/s1. The largest absolute Gasteiger partial charge is 0.508 e.